The summed E-state index contributed by atoms with van der Waals surface area (Å²) in [6, 6.07) is 9.99. The van der Waals surface area contributed by atoms with Crippen LogP contribution in [0, 0.1) is 17.8 Å². The van der Waals surface area contributed by atoms with Gasteiger partial charge in [-0.2, -0.15) is 0 Å². The molecule has 2 aromatic rings. The van der Waals surface area contributed by atoms with E-state index in [1.165, 1.54) is 17.8 Å². The Balaban J connectivity index is 1.38. The van der Waals surface area contributed by atoms with E-state index >= 15 is 0 Å². The van der Waals surface area contributed by atoms with Crippen molar-refractivity contribution < 1.29 is 4.79 Å². The molecule has 2 aliphatic rings. The van der Waals surface area contributed by atoms with E-state index in [1.807, 2.05) is 30.3 Å². The second-order valence-corrected chi connectivity index (χ2v) is 7.58. The van der Waals surface area contributed by atoms with Gasteiger partial charge in [-0.15, -0.1) is 10.2 Å². The highest BCUT2D eigenvalue weighted by atomic mass is 32.1. The minimum atomic E-state index is -0.0183. The molecule has 1 aromatic heterocycles. The van der Waals surface area contributed by atoms with E-state index in [9.17, 15) is 4.79 Å². The molecule has 1 heterocycles. The molecule has 0 aliphatic heterocycles. The van der Waals surface area contributed by atoms with Crippen LogP contribution in [-0.2, 0) is 11.3 Å². The SMILES string of the molecule is NC1C2CCC(C2)C1C(=O)NCc1nnc(-c2ccccc2)s1. The third-order valence-corrected chi connectivity index (χ3v) is 6.16. The van der Waals surface area contributed by atoms with Gasteiger partial charge in [0.25, 0.3) is 0 Å². The molecule has 4 rings (SSSR count). The summed E-state index contributed by atoms with van der Waals surface area (Å²) in [6.07, 6.45) is 3.45. The van der Waals surface area contributed by atoms with Gasteiger partial charge in [0, 0.05) is 11.6 Å². The van der Waals surface area contributed by atoms with Crippen LogP contribution in [0.2, 0.25) is 0 Å². The molecule has 4 atom stereocenters. The van der Waals surface area contributed by atoms with Gasteiger partial charge in [0.05, 0.1) is 12.5 Å². The summed E-state index contributed by atoms with van der Waals surface area (Å²) < 4.78 is 0. The molecule has 2 fully saturated rings. The third kappa shape index (κ3) is 2.77. The zero-order valence-electron chi connectivity index (χ0n) is 12.8. The van der Waals surface area contributed by atoms with E-state index in [4.69, 9.17) is 5.73 Å². The molecule has 2 bridgehead atoms. The molecule has 5 nitrogen and oxygen atoms in total. The van der Waals surface area contributed by atoms with Gasteiger partial charge in [-0.1, -0.05) is 41.7 Å². The van der Waals surface area contributed by atoms with Crippen LogP contribution < -0.4 is 11.1 Å². The van der Waals surface area contributed by atoms with Crippen LogP contribution in [0.15, 0.2) is 30.3 Å². The maximum Gasteiger partial charge on any atom is 0.225 e. The number of nitrogens with zero attached hydrogens (tertiary/aromatic N) is 2. The summed E-state index contributed by atoms with van der Waals surface area (Å²) in [5.41, 5.74) is 7.28. The number of rotatable bonds is 4. The van der Waals surface area contributed by atoms with Crippen molar-refractivity contribution in [2.45, 2.75) is 31.8 Å². The monoisotopic (exact) mass is 328 g/mol. The summed E-state index contributed by atoms with van der Waals surface area (Å²) >= 11 is 1.52. The summed E-state index contributed by atoms with van der Waals surface area (Å²) in [7, 11) is 0. The maximum absolute atomic E-state index is 12.5. The van der Waals surface area contributed by atoms with Crippen LogP contribution in [0.3, 0.4) is 0 Å². The first-order chi connectivity index (χ1) is 11.2. The van der Waals surface area contributed by atoms with E-state index in [0.717, 1.165) is 28.4 Å². The van der Waals surface area contributed by atoms with E-state index in [-0.39, 0.29) is 17.9 Å². The Morgan fingerprint density at radius 2 is 2.00 bits per heavy atom. The molecule has 2 saturated carbocycles. The first-order valence-electron chi connectivity index (χ1n) is 8.13. The van der Waals surface area contributed by atoms with Crippen molar-refractivity contribution >= 4 is 17.2 Å². The average Bonchev–Trinajstić information content (AvgIpc) is 3.29. The number of carbonyl (C=O) groups is 1. The summed E-state index contributed by atoms with van der Waals surface area (Å²) in [6.45, 7) is 0.434. The van der Waals surface area contributed by atoms with Gasteiger partial charge in [-0.05, 0) is 31.1 Å². The molecule has 4 unspecified atom stereocenters. The molecular formula is C17H20N4OS. The summed E-state index contributed by atoms with van der Waals surface area (Å²) in [5.74, 6) is 1.09. The van der Waals surface area contributed by atoms with Crippen molar-refractivity contribution in [3.8, 4) is 10.6 Å². The molecule has 120 valence electrons. The predicted molar refractivity (Wildman–Crippen MR) is 89.5 cm³/mol. The lowest BCUT2D eigenvalue weighted by Crippen LogP contribution is -2.45. The molecule has 3 N–H and O–H groups in total. The fourth-order valence-electron chi connectivity index (χ4n) is 4.03. The van der Waals surface area contributed by atoms with Crippen LogP contribution in [0.5, 0.6) is 0 Å². The Morgan fingerprint density at radius 3 is 2.74 bits per heavy atom. The van der Waals surface area contributed by atoms with E-state index in [0.29, 0.717) is 18.4 Å². The molecule has 1 aromatic carbocycles. The zero-order chi connectivity index (χ0) is 15.8. The standard InChI is InChI=1S/C17H20N4OS/c18-15-12-7-6-11(8-12)14(15)16(22)19-9-13-20-21-17(23-13)10-4-2-1-3-5-10/h1-5,11-12,14-15H,6-9,18H2,(H,19,22). The molecule has 0 spiro atoms. The highest BCUT2D eigenvalue weighted by Crippen LogP contribution is 2.47. The van der Waals surface area contributed by atoms with Crippen LogP contribution in [0.1, 0.15) is 24.3 Å². The number of nitrogens with one attached hydrogen (secondary N) is 1. The number of benzene rings is 1. The van der Waals surface area contributed by atoms with E-state index in [2.05, 4.69) is 15.5 Å². The topological polar surface area (TPSA) is 80.9 Å². The summed E-state index contributed by atoms with van der Waals surface area (Å²) in [4.78, 5) is 12.5. The number of hydrogen-bond acceptors (Lipinski definition) is 5. The molecule has 2 aliphatic carbocycles. The number of carbonyl (C=O) groups excluding carboxylic acids is 1. The zero-order valence-corrected chi connectivity index (χ0v) is 13.6. The van der Waals surface area contributed by atoms with Crippen molar-refractivity contribution in [2.75, 3.05) is 0 Å². The Kier molecular flexibility index (Phi) is 3.87. The number of hydrogen-bond donors (Lipinski definition) is 2. The first-order valence-corrected chi connectivity index (χ1v) is 8.95. The highest BCUT2D eigenvalue weighted by Gasteiger charge is 2.48. The second-order valence-electron chi connectivity index (χ2n) is 6.52. The predicted octanol–water partition coefficient (Wildman–Crippen LogP) is 2.19. The molecule has 0 radical (unpaired) electrons. The van der Waals surface area contributed by atoms with Crippen molar-refractivity contribution in [2.24, 2.45) is 23.5 Å². The quantitative estimate of drug-likeness (QED) is 0.901. The van der Waals surface area contributed by atoms with E-state index in [1.54, 1.807) is 0 Å². The van der Waals surface area contributed by atoms with Crippen LogP contribution in [0.25, 0.3) is 10.6 Å². The lowest BCUT2D eigenvalue weighted by atomic mass is 9.84. The minimum absolute atomic E-state index is 0.0183. The third-order valence-electron chi connectivity index (χ3n) is 5.18. The minimum Gasteiger partial charge on any atom is -0.349 e. The van der Waals surface area contributed by atoms with Crippen molar-refractivity contribution in [1.29, 1.82) is 0 Å². The highest BCUT2D eigenvalue weighted by molar-refractivity contribution is 7.14. The smallest absolute Gasteiger partial charge is 0.225 e. The average molecular weight is 328 g/mol. The Labute approximate surface area is 139 Å². The van der Waals surface area contributed by atoms with E-state index < -0.39 is 0 Å². The Bertz CT molecular complexity index is 700. The number of nitrogens with two attached hydrogens (primary N) is 1. The lowest BCUT2D eigenvalue weighted by molar-refractivity contribution is -0.127. The normalized spacial score (nSPS) is 28.9. The van der Waals surface area contributed by atoms with Gasteiger partial charge in [0.1, 0.15) is 10.0 Å². The Morgan fingerprint density at radius 1 is 1.22 bits per heavy atom. The van der Waals surface area contributed by atoms with Gasteiger partial charge in [-0.3, -0.25) is 4.79 Å². The van der Waals surface area contributed by atoms with Crippen molar-refractivity contribution in [1.82, 2.24) is 15.5 Å². The maximum atomic E-state index is 12.5. The van der Waals surface area contributed by atoms with Gasteiger partial charge < -0.3 is 11.1 Å². The van der Waals surface area contributed by atoms with Crippen LogP contribution in [-0.4, -0.2) is 22.1 Å². The molecular weight excluding hydrogens is 308 g/mol. The fraction of sp³-hybridized carbons (Fsp3) is 0.471. The number of amides is 1. The largest absolute Gasteiger partial charge is 0.349 e. The molecule has 6 heteroatoms. The van der Waals surface area contributed by atoms with Crippen molar-refractivity contribution in [3.63, 3.8) is 0 Å². The molecule has 23 heavy (non-hydrogen) atoms. The molecule has 1 amide bonds. The Hall–Kier alpha value is -1.79. The fourth-order valence-corrected chi connectivity index (χ4v) is 4.81. The van der Waals surface area contributed by atoms with Gasteiger partial charge in [0.15, 0.2) is 0 Å². The van der Waals surface area contributed by atoms with Gasteiger partial charge in [0.2, 0.25) is 5.91 Å². The van der Waals surface area contributed by atoms with Gasteiger partial charge in [-0.25, -0.2) is 0 Å². The number of fused-ring (bicyclic) bond motifs is 2. The van der Waals surface area contributed by atoms with Gasteiger partial charge >= 0.3 is 0 Å². The lowest BCUT2D eigenvalue weighted by Gasteiger charge is -2.26. The second kappa shape index (κ2) is 6.02. The van der Waals surface area contributed by atoms with Crippen molar-refractivity contribution in [3.05, 3.63) is 35.3 Å². The summed E-state index contributed by atoms with van der Waals surface area (Å²) in [5, 5.41) is 13.1. The number of aromatic nitrogens is 2. The molecule has 0 saturated heterocycles. The first kappa shape index (κ1) is 14.8. The van der Waals surface area contributed by atoms with Crippen LogP contribution in [0.4, 0.5) is 0 Å². The van der Waals surface area contributed by atoms with Crippen LogP contribution >= 0.6 is 11.3 Å².